The highest BCUT2D eigenvalue weighted by atomic mass is 35.5. The molecule has 1 atom stereocenters. The third kappa shape index (κ3) is 3.33. The lowest BCUT2D eigenvalue weighted by Gasteiger charge is -2.22. The van der Waals surface area contributed by atoms with E-state index in [9.17, 15) is 0 Å². The van der Waals surface area contributed by atoms with E-state index in [2.05, 4.69) is 27.1 Å². The minimum Gasteiger partial charge on any atom is -0.366 e. The van der Waals surface area contributed by atoms with Crippen molar-refractivity contribution >= 4 is 17.4 Å². The molecule has 0 aliphatic carbocycles. The molecule has 0 amide bonds. The average Bonchev–Trinajstić information content (AvgIpc) is 2.77. The Morgan fingerprint density at radius 2 is 1.94 bits per heavy atom. The smallest absolute Gasteiger partial charge is 0.137 e. The molecule has 18 heavy (non-hydrogen) atoms. The minimum absolute atomic E-state index is 0.368. The van der Waals surface area contributed by atoms with Crippen molar-refractivity contribution in [3.8, 4) is 0 Å². The van der Waals surface area contributed by atoms with Crippen LogP contribution in [-0.4, -0.2) is 40.5 Å². The Hall–Kier alpha value is -0.870. The lowest BCUT2D eigenvalue weighted by Crippen LogP contribution is -2.33. The number of halogens is 1. The Morgan fingerprint density at radius 3 is 2.61 bits per heavy atom. The van der Waals surface area contributed by atoms with Crippen molar-refractivity contribution in [1.29, 1.82) is 0 Å². The molecule has 0 saturated carbocycles. The fourth-order valence-electron chi connectivity index (χ4n) is 2.37. The van der Waals surface area contributed by atoms with E-state index < -0.39 is 0 Å². The Morgan fingerprint density at radius 1 is 1.28 bits per heavy atom. The van der Waals surface area contributed by atoms with Crippen LogP contribution in [0.1, 0.15) is 31.2 Å². The molecule has 2 heterocycles. The summed E-state index contributed by atoms with van der Waals surface area (Å²) in [7, 11) is 0. The van der Waals surface area contributed by atoms with Crippen LogP contribution in [-0.2, 0) is 0 Å². The summed E-state index contributed by atoms with van der Waals surface area (Å²) in [6.45, 7) is 9.49. The Kier molecular flexibility index (Phi) is 4.40. The van der Waals surface area contributed by atoms with Gasteiger partial charge < -0.3 is 10.2 Å². The van der Waals surface area contributed by atoms with Crippen LogP contribution >= 0.6 is 11.6 Å². The number of hydrogen-bond donors (Lipinski definition) is 1. The number of aromatic nitrogens is 2. The molecule has 4 nitrogen and oxygen atoms in total. The van der Waals surface area contributed by atoms with Gasteiger partial charge in [-0.1, -0.05) is 11.6 Å². The molecule has 1 unspecified atom stereocenters. The zero-order valence-corrected chi connectivity index (χ0v) is 12.1. The first-order valence-corrected chi connectivity index (χ1v) is 6.93. The van der Waals surface area contributed by atoms with Crippen LogP contribution in [0.15, 0.2) is 0 Å². The Labute approximate surface area is 114 Å². The van der Waals surface area contributed by atoms with Gasteiger partial charge in [-0.3, -0.25) is 0 Å². The molecule has 0 spiro atoms. The zero-order chi connectivity index (χ0) is 13.1. The molecule has 1 aromatic heterocycles. The van der Waals surface area contributed by atoms with Gasteiger partial charge in [0.1, 0.15) is 16.8 Å². The second-order valence-electron chi connectivity index (χ2n) is 5.09. The highest BCUT2D eigenvalue weighted by molar-refractivity contribution is 6.30. The minimum atomic E-state index is 0.368. The largest absolute Gasteiger partial charge is 0.366 e. The second-order valence-corrected chi connectivity index (χ2v) is 5.45. The second kappa shape index (κ2) is 5.85. The molecule has 100 valence electrons. The molecule has 0 bridgehead atoms. The lowest BCUT2D eigenvalue weighted by atomic mass is 10.2. The fourth-order valence-corrected chi connectivity index (χ4v) is 2.58. The van der Waals surface area contributed by atoms with Gasteiger partial charge in [-0.25, -0.2) is 9.97 Å². The van der Waals surface area contributed by atoms with Crippen LogP contribution in [0.5, 0.6) is 0 Å². The van der Waals surface area contributed by atoms with E-state index in [0.717, 1.165) is 17.9 Å². The van der Waals surface area contributed by atoms with Crippen LogP contribution in [0.4, 0.5) is 5.82 Å². The molecular weight excluding hydrogens is 248 g/mol. The fraction of sp³-hybridized carbons (Fsp3) is 0.692. The standard InChI is InChI=1S/C13H21ClN4/c1-9(8-18-6-4-5-7-18)15-13-10(2)12(14)16-11(3)17-13/h9H,4-8H2,1-3H3,(H,15,16,17). The Balaban J connectivity index is 1.99. The molecule has 1 aliphatic heterocycles. The molecule has 1 aliphatic rings. The van der Waals surface area contributed by atoms with Crippen LogP contribution in [0.25, 0.3) is 0 Å². The summed E-state index contributed by atoms with van der Waals surface area (Å²) in [5, 5.41) is 3.98. The van der Waals surface area contributed by atoms with Gasteiger partial charge in [0.15, 0.2) is 0 Å². The highest BCUT2D eigenvalue weighted by Gasteiger charge is 2.16. The van der Waals surface area contributed by atoms with E-state index in [4.69, 9.17) is 11.6 Å². The van der Waals surface area contributed by atoms with E-state index in [0.29, 0.717) is 17.0 Å². The molecule has 5 heteroatoms. The van der Waals surface area contributed by atoms with Crippen molar-refractivity contribution in [2.24, 2.45) is 0 Å². The molecule has 1 aromatic rings. The van der Waals surface area contributed by atoms with Gasteiger partial charge in [-0.05, 0) is 46.7 Å². The summed E-state index contributed by atoms with van der Waals surface area (Å²) in [6.07, 6.45) is 2.65. The SMILES string of the molecule is Cc1nc(Cl)c(C)c(NC(C)CN2CCCC2)n1. The van der Waals surface area contributed by atoms with Crippen LogP contribution in [0.3, 0.4) is 0 Å². The number of rotatable bonds is 4. The topological polar surface area (TPSA) is 41.1 Å². The van der Waals surface area contributed by atoms with Crippen LogP contribution < -0.4 is 5.32 Å². The molecule has 0 aromatic carbocycles. The zero-order valence-electron chi connectivity index (χ0n) is 11.3. The first-order chi connectivity index (χ1) is 8.56. The third-order valence-corrected chi connectivity index (χ3v) is 3.68. The predicted octanol–water partition coefficient (Wildman–Crippen LogP) is 2.64. The maximum Gasteiger partial charge on any atom is 0.137 e. The molecule has 1 fully saturated rings. The van der Waals surface area contributed by atoms with Gasteiger partial charge in [-0.2, -0.15) is 0 Å². The van der Waals surface area contributed by atoms with Crippen molar-refractivity contribution in [2.45, 2.75) is 39.7 Å². The third-order valence-electron chi connectivity index (χ3n) is 3.31. The predicted molar refractivity (Wildman–Crippen MR) is 75.3 cm³/mol. The van der Waals surface area contributed by atoms with Crippen LogP contribution in [0.2, 0.25) is 5.15 Å². The maximum atomic E-state index is 6.07. The van der Waals surface area contributed by atoms with Gasteiger partial charge in [0.05, 0.1) is 0 Å². The maximum absolute atomic E-state index is 6.07. The summed E-state index contributed by atoms with van der Waals surface area (Å²) in [5.41, 5.74) is 0.926. The summed E-state index contributed by atoms with van der Waals surface area (Å²) in [4.78, 5) is 11.1. The van der Waals surface area contributed by atoms with E-state index in [1.807, 2.05) is 13.8 Å². The van der Waals surface area contributed by atoms with Gasteiger partial charge >= 0.3 is 0 Å². The first-order valence-electron chi connectivity index (χ1n) is 6.56. The van der Waals surface area contributed by atoms with E-state index in [-0.39, 0.29) is 0 Å². The monoisotopic (exact) mass is 268 g/mol. The average molecular weight is 269 g/mol. The number of nitrogens with one attached hydrogen (secondary N) is 1. The number of aryl methyl sites for hydroxylation is 1. The van der Waals surface area contributed by atoms with Crippen molar-refractivity contribution in [1.82, 2.24) is 14.9 Å². The molecule has 2 rings (SSSR count). The summed E-state index contributed by atoms with van der Waals surface area (Å²) in [6, 6.07) is 0.368. The number of anilines is 1. The number of hydrogen-bond acceptors (Lipinski definition) is 4. The van der Waals surface area contributed by atoms with E-state index >= 15 is 0 Å². The molecular formula is C13H21ClN4. The molecule has 1 saturated heterocycles. The number of likely N-dealkylation sites (tertiary alicyclic amines) is 1. The van der Waals surface area contributed by atoms with Gasteiger partial charge in [0, 0.05) is 18.2 Å². The lowest BCUT2D eigenvalue weighted by molar-refractivity contribution is 0.327. The van der Waals surface area contributed by atoms with Gasteiger partial charge in [-0.15, -0.1) is 0 Å². The number of nitrogens with zero attached hydrogens (tertiary/aromatic N) is 3. The highest BCUT2D eigenvalue weighted by Crippen LogP contribution is 2.20. The van der Waals surface area contributed by atoms with Gasteiger partial charge in [0.25, 0.3) is 0 Å². The quantitative estimate of drug-likeness (QED) is 0.853. The van der Waals surface area contributed by atoms with Gasteiger partial charge in [0.2, 0.25) is 0 Å². The van der Waals surface area contributed by atoms with Crippen molar-refractivity contribution in [3.05, 3.63) is 16.5 Å². The van der Waals surface area contributed by atoms with E-state index in [1.165, 1.54) is 25.9 Å². The summed E-state index contributed by atoms with van der Waals surface area (Å²) < 4.78 is 0. The van der Waals surface area contributed by atoms with Crippen LogP contribution in [0, 0.1) is 13.8 Å². The summed E-state index contributed by atoms with van der Waals surface area (Å²) >= 11 is 6.07. The Bertz CT molecular complexity index is 416. The van der Waals surface area contributed by atoms with Crippen molar-refractivity contribution in [2.75, 3.05) is 25.0 Å². The van der Waals surface area contributed by atoms with Crippen molar-refractivity contribution in [3.63, 3.8) is 0 Å². The molecule has 0 radical (unpaired) electrons. The molecule has 1 N–H and O–H groups in total. The summed E-state index contributed by atoms with van der Waals surface area (Å²) in [5.74, 6) is 1.57. The van der Waals surface area contributed by atoms with E-state index in [1.54, 1.807) is 0 Å². The first kappa shape index (κ1) is 13.6. The normalized spacial score (nSPS) is 18.0. The van der Waals surface area contributed by atoms with Crippen molar-refractivity contribution < 1.29 is 0 Å².